The van der Waals surface area contributed by atoms with Crippen LogP contribution in [-0.4, -0.2) is 21.2 Å². The van der Waals surface area contributed by atoms with E-state index in [-0.39, 0.29) is 23.5 Å². The number of aromatic nitrogens is 2. The van der Waals surface area contributed by atoms with Gasteiger partial charge in [-0.15, -0.1) is 0 Å². The molecule has 6 nitrogen and oxygen atoms in total. The molecule has 0 aliphatic rings. The first-order valence-electron chi connectivity index (χ1n) is 9.43. The van der Waals surface area contributed by atoms with Crippen LogP contribution in [0.4, 0.5) is 18.9 Å². The fourth-order valence-electron chi connectivity index (χ4n) is 3.03. The lowest BCUT2D eigenvalue weighted by Crippen LogP contribution is -2.24. The molecule has 0 unspecified atom stereocenters. The highest BCUT2D eigenvalue weighted by atomic mass is 32.2. The van der Waals surface area contributed by atoms with E-state index in [0.29, 0.717) is 21.8 Å². The van der Waals surface area contributed by atoms with E-state index < -0.39 is 17.6 Å². The maximum Gasteiger partial charge on any atom is 0.416 e. The van der Waals surface area contributed by atoms with Crippen LogP contribution in [0.1, 0.15) is 11.3 Å². The molecular formula is C22H16F3N3O3S. The molecule has 0 aliphatic carbocycles. The number of nitrogens with zero attached hydrogens (tertiary/aromatic N) is 2. The summed E-state index contributed by atoms with van der Waals surface area (Å²) in [4.78, 5) is 29.9. The highest BCUT2D eigenvalue weighted by Crippen LogP contribution is 2.30. The predicted octanol–water partition coefficient (Wildman–Crippen LogP) is 4.79. The molecule has 4 aromatic rings. The third-order valence-electron chi connectivity index (χ3n) is 4.55. The second-order valence-electron chi connectivity index (χ2n) is 6.79. The van der Waals surface area contributed by atoms with Gasteiger partial charge in [0.25, 0.3) is 5.56 Å². The molecule has 0 bridgehead atoms. The van der Waals surface area contributed by atoms with Crippen LogP contribution < -0.4 is 10.9 Å². The van der Waals surface area contributed by atoms with Crippen molar-refractivity contribution in [2.45, 2.75) is 17.9 Å². The Bertz CT molecular complexity index is 1300. The van der Waals surface area contributed by atoms with Crippen molar-refractivity contribution in [2.75, 3.05) is 11.1 Å². The van der Waals surface area contributed by atoms with Crippen molar-refractivity contribution < 1.29 is 22.4 Å². The van der Waals surface area contributed by atoms with Crippen molar-refractivity contribution in [3.63, 3.8) is 0 Å². The van der Waals surface area contributed by atoms with Crippen molar-refractivity contribution in [3.8, 4) is 0 Å². The molecule has 1 amide bonds. The molecule has 0 saturated heterocycles. The van der Waals surface area contributed by atoms with Gasteiger partial charge in [-0.05, 0) is 48.5 Å². The number of furan rings is 1. The highest BCUT2D eigenvalue weighted by molar-refractivity contribution is 7.99. The number of hydrogen-bond acceptors (Lipinski definition) is 5. The summed E-state index contributed by atoms with van der Waals surface area (Å²) in [6, 6.07) is 14.5. The lowest BCUT2D eigenvalue weighted by Gasteiger charge is -2.12. The number of anilines is 1. The van der Waals surface area contributed by atoms with Crippen LogP contribution in [0.3, 0.4) is 0 Å². The molecule has 164 valence electrons. The van der Waals surface area contributed by atoms with Gasteiger partial charge in [-0.1, -0.05) is 23.9 Å². The number of fused-ring (bicyclic) bond motifs is 1. The fourth-order valence-corrected chi connectivity index (χ4v) is 3.82. The second kappa shape index (κ2) is 8.91. The lowest BCUT2D eigenvalue weighted by molar-refractivity contribution is -0.137. The molecule has 0 fully saturated rings. The Balaban J connectivity index is 1.53. The van der Waals surface area contributed by atoms with E-state index >= 15 is 0 Å². The van der Waals surface area contributed by atoms with Crippen LogP contribution in [0.2, 0.25) is 0 Å². The van der Waals surface area contributed by atoms with Gasteiger partial charge in [0.1, 0.15) is 5.76 Å². The number of carbonyl (C=O) groups is 1. The number of nitrogens with one attached hydrogen (secondary N) is 1. The first-order valence-corrected chi connectivity index (χ1v) is 10.4. The van der Waals surface area contributed by atoms with Crippen LogP contribution in [0.25, 0.3) is 10.9 Å². The van der Waals surface area contributed by atoms with E-state index in [1.54, 1.807) is 36.4 Å². The Morgan fingerprint density at radius 1 is 1.06 bits per heavy atom. The number of halogens is 3. The van der Waals surface area contributed by atoms with Crippen LogP contribution >= 0.6 is 11.8 Å². The molecule has 2 heterocycles. The number of amides is 1. The van der Waals surface area contributed by atoms with Crippen LogP contribution in [0.5, 0.6) is 0 Å². The van der Waals surface area contributed by atoms with Crippen molar-refractivity contribution in [1.82, 2.24) is 9.55 Å². The third kappa shape index (κ3) is 4.86. The third-order valence-corrected chi connectivity index (χ3v) is 5.53. The number of alkyl halides is 3. The number of para-hydroxylation sites is 1. The molecule has 0 atom stereocenters. The number of hydrogen-bond donors (Lipinski definition) is 1. The van der Waals surface area contributed by atoms with E-state index in [0.717, 1.165) is 23.9 Å². The molecular weight excluding hydrogens is 443 g/mol. The van der Waals surface area contributed by atoms with E-state index in [4.69, 9.17) is 4.42 Å². The van der Waals surface area contributed by atoms with Gasteiger partial charge in [0.2, 0.25) is 5.91 Å². The van der Waals surface area contributed by atoms with Crippen molar-refractivity contribution in [1.29, 1.82) is 0 Å². The van der Waals surface area contributed by atoms with Gasteiger partial charge in [0.15, 0.2) is 5.16 Å². The minimum atomic E-state index is -4.45. The molecule has 1 N–H and O–H groups in total. The average Bonchev–Trinajstić information content (AvgIpc) is 3.27. The summed E-state index contributed by atoms with van der Waals surface area (Å²) in [6.07, 6.45) is -2.95. The summed E-state index contributed by atoms with van der Waals surface area (Å²) in [7, 11) is 0. The molecule has 0 spiro atoms. The Morgan fingerprint density at radius 2 is 1.81 bits per heavy atom. The quantitative estimate of drug-likeness (QED) is 0.332. The van der Waals surface area contributed by atoms with Gasteiger partial charge in [0, 0.05) is 5.69 Å². The monoisotopic (exact) mass is 459 g/mol. The largest absolute Gasteiger partial charge is 0.467 e. The normalized spacial score (nSPS) is 11.6. The highest BCUT2D eigenvalue weighted by Gasteiger charge is 2.30. The van der Waals surface area contributed by atoms with Crippen LogP contribution in [0, 0.1) is 0 Å². The van der Waals surface area contributed by atoms with Crippen LogP contribution in [0.15, 0.2) is 81.3 Å². The molecule has 2 aromatic carbocycles. The van der Waals surface area contributed by atoms with Gasteiger partial charge in [0.05, 0.1) is 35.0 Å². The number of thioether (sulfide) groups is 1. The Morgan fingerprint density at radius 3 is 2.50 bits per heavy atom. The molecule has 4 rings (SSSR count). The maximum atomic E-state index is 13.0. The van der Waals surface area contributed by atoms with E-state index in [9.17, 15) is 22.8 Å². The zero-order valence-electron chi connectivity index (χ0n) is 16.4. The lowest BCUT2D eigenvalue weighted by atomic mass is 10.2. The predicted molar refractivity (Wildman–Crippen MR) is 115 cm³/mol. The van der Waals surface area contributed by atoms with E-state index in [2.05, 4.69) is 10.3 Å². The maximum absolute atomic E-state index is 13.0. The minimum absolute atomic E-state index is 0.0933. The summed E-state index contributed by atoms with van der Waals surface area (Å²) in [5.41, 5.74) is -0.327. The van der Waals surface area contributed by atoms with Crippen molar-refractivity contribution in [3.05, 3.63) is 88.6 Å². The van der Waals surface area contributed by atoms with E-state index in [1.165, 1.54) is 23.0 Å². The molecule has 0 saturated carbocycles. The number of rotatable bonds is 6. The zero-order valence-corrected chi connectivity index (χ0v) is 17.2. The first-order chi connectivity index (χ1) is 15.3. The molecule has 10 heteroatoms. The van der Waals surface area contributed by atoms with Gasteiger partial charge in [-0.25, -0.2) is 4.98 Å². The molecule has 0 aliphatic heterocycles. The SMILES string of the molecule is O=C(CSc1nc2ccccc2c(=O)n1Cc1ccco1)Nc1ccc(C(F)(F)F)cc1. The Kier molecular flexibility index (Phi) is 6.04. The first kappa shape index (κ1) is 21.7. The van der Waals surface area contributed by atoms with Gasteiger partial charge >= 0.3 is 6.18 Å². The summed E-state index contributed by atoms with van der Waals surface area (Å²) in [5, 5.41) is 3.32. The standard InChI is InChI=1S/C22H16F3N3O3S/c23-22(24,25)14-7-9-15(10-8-14)26-19(29)13-32-21-27-18-6-2-1-5-17(18)20(30)28(21)12-16-4-3-11-31-16/h1-11H,12-13H2,(H,26,29). The van der Waals surface area contributed by atoms with E-state index in [1.807, 2.05) is 0 Å². The summed E-state index contributed by atoms with van der Waals surface area (Å²) in [6.45, 7) is 0.145. The zero-order chi connectivity index (χ0) is 22.7. The summed E-state index contributed by atoms with van der Waals surface area (Å²) in [5.74, 6) is 0.0196. The van der Waals surface area contributed by atoms with Gasteiger partial charge in [-0.2, -0.15) is 13.2 Å². The second-order valence-corrected chi connectivity index (χ2v) is 7.74. The average molecular weight is 459 g/mol. The van der Waals surface area contributed by atoms with Crippen molar-refractivity contribution in [2.24, 2.45) is 0 Å². The minimum Gasteiger partial charge on any atom is -0.467 e. The smallest absolute Gasteiger partial charge is 0.416 e. The van der Waals surface area contributed by atoms with Crippen molar-refractivity contribution >= 4 is 34.3 Å². The van der Waals surface area contributed by atoms with Crippen LogP contribution in [-0.2, 0) is 17.5 Å². The Hall–Kier alpha value is -3.53. The number of carbonyl (C=O) groups excluding carboxylic acids is 1. The molecule has 0 radical (unpaired) electrons. The summed E-state index contributed by atoms with van der Waals surface area (Å²) >= 11 is 1.05. The summed E-state index contributed by atoms with van der Waals surface area (Å²) < 4.78 is 44.8. The Labute approximate surface area is 184 Å². The van der Waals surface area contributed by atoms with Gasteiger partial charge < -0.3 is 9.73 Å². The fraction of sp³-hybridized carbons (Fsp3) is 0.136. The van der Waals surface area contributed by atoms with Gasteiger partial charge in [-0.3, -0.25) is 14.2 Å². The molecule has 2 aromatic heterocycles. The topological polar surface area (TPSA) is 77.1 Å². The number of benzene rings is 2. The molecule has 32 heavy (non-hydrogen) atoms.